The molecule has 0 bridgehead atoms. The summed E-state index contributed by atoms with van der Waals surface area (Å²) in [5, 5.41) is 4.44. The van der Waals surface area contributed by atoms with E-state index in [0.29, 0.717) is 0 Å². The van der Waals surface area contributed by atoms with Crippen LogP contribution in [0.3, 0.4) is 0 Å². The number of aromatic nitrogens is 2. The molecule has 0 saturated heterocycles. The van der Waals surface area contributed by atoms with Gasteiger partial charge in [-0.2, -0.15) is 5.10 Å². The molecule has 2 aromatic rings. The summed E-state index contributed by atoms with van der Waals surface area (Å²) in [4.78, 5) is 2.54. The number of nitrogen functional groups attached to an aromatic ring is 1. The number of nitrogens with zero attached hydrogens (tertiary/aromatic N) is 3. The average molecular weight is 270 g/mol. The van der Waals surface area contributed by atoms with E-state index in [1.807, 2.05) is 30.8 Å². The maximum absolute atomic E-state index is 5.75. The molecule has 0 unspecified atom stereocenters. The SMILES string of the molecule is Cc1cc(CN(Cc2ccc(N)cc2)C2CC2)n(C)n1. The van der Waals surface area contributed by atoms with E-state index >= 15 is 0 Å². The Morgan fingerprint density at radius 2 is 1.95 bits per heavy atom. The van der Waals surface area contributed by atoms with E-state index in [0.717, 1.165) is 30.5 Å². The van der Waals surface area contributed by atoms with Crippen molar-refractivity contribution in [2.75, 3.05) is 5.73 Å². The molecule has 0 aliphatic heterocycles. The fourth-order valence-electron chi connectivity index (χ4n) is 2.63. The molecule has 1 heterocycles. The first-order chi connectivity index (χ1) is 9.61. The molecule has 20 heavy (non-hydrogen) atoms. The first-order valence-electron chi connectivity index (χ1n) is 7.20. The van der Waals surface area contributed by atoms with Gasteiger partial charge in [0.1, 0.15) is 0 Å². The highest BCUT2D eigenvalue weighted by Crippen LogP contribution is 2.30. The highest BCUT2D eigenvalue weighted by atomic mass is 15.3. The van der Waals surface area contributed by atoms with Crippen LogP contribution in [0.5, 0.6) is 0 Å². The van der Waals surface area contributed by atoms with Crippen molar-refractivity contribution in [2.24, 2.45) is 7.05 Å². The van der Waals surface area contributed by atoms with Crippen LogP contribution in [0.2, 0.25) is 0 Å². The van der Waals surface area contributed by atoms with Gasteiger partial charge in [-0.1, -0.05) is 12.1 Å². The number of benzene rings is 1. The van der Waals surface area contributed by atoms with Crippen molar-refractivity contribution in [3.05, 3.63) is 47.3 Å². The second-order valence-corrected chi connectivity index (χ2v) is 5.78. The minimum Gasteiger partial charge on any atom is -0.399 e. The zero-order valence-corrected chi connectivity index (χ0v) is 12.2. The van der Waals surface area contributed by atoms with Crippen LogP contribution >= 0.6 is 0 Å². The molecule has 1 aromatic carbocycles. The molecule has 0 radical (unpaired) electrons. The molecule has 1 aliphatic rings. The summed E-state index contributed by atoms with van der Waals surface area (Å²) in [5.74, 6) is 0. The lowest BCUT2D eigenvalue weighted by atomic mass is 10.2. The van der Waals surface area contributed by atoms with Crippen molar-refractivity contribution < 1.29 is 0 Å². The van der Waals surface area contributed by atoms with Crippen molar-refractivity contribution >= 4 is 5.69 Å². The van der Waals surface area contributed by atoms with Crippen molar-refractivity contribution in [1.82, 2.24) is 14.7 Å². The van der Waals surface area contributed by atoms with Gasteiger partial charge >= 0.3 is 0 Å². The normalized spacial score (nSPS) is 14.9. The Labute approximate surface area is 120 Å². The number of aryl methyl sites for hydroxylation is 2. The first-order valence-corrected chi connectivity index (χ1v) is 7.20. The topological polar surface area (TPSA) is 47.1 Å². The van der Waals surface area contributed by atoms with Gasteiger partial charge in [0.25, 0.3) is 0 Å². The van der Waals surface area contributed by atoms with Gasteiger partial charge in [0, 0.05) is 31.9 Å². The maximum Gasteiger partial charge on any atom is 0.0597 e. The Morgan fingerprint density at radius 3 is 2.50 bits per heavy atom. The fourth-order valence-corrected chi connectivity index (χ4v) is 2.63. The van der Waals surface area contributed by atoms with Crippen LogP contribution in [-0.2, 0) is 20.1 Å². The Bertz CT molecular complexity index is 581. The molecular formula is C16H22N4. The predicted molar refractivity (Wildman–Crippen MR) is 81.1 cm³/mol. The summed E-state index contributed by atoms with van der Waals surface area (Å²) in [6, 6.07) is 11.1. The van der Waals surface area contributed by atoms with Gasteiger partial charge in [-0.3, -0.25) is 9.58 Å². The molecule has 4 heteroatoms. The first kappa shape index (κ1) is 13.2. The van der Waals surface area contributed by atoms with Gasteiger partial charge in [0.15, 0.2) is 0 Å². The summed E-state index contributed by atoms with van der Waals surface area (Å²) in [7, 11) is 2.02. The maximum atomic E-state index is 5.75. The minimum absolute atomic E-state index is 0.725. The van der Waals surface area contributed by atoms with Crippen molar-refractivity contribution in [3.63, 3.8) is 0 Å². The Morgan fingerprint density at radius 1 is 1.25 bits per heavy atom. The number of hydrogen-bond donors (Lipinski definition) is 1. The Hall–Kier alpha value is -1.81. The summed E-state index contributed by atoms with van der Waals surface area (Å²) in [5.41, 5.74) is 10.3. The lowest BCUT2D eigenvalue weighted by Gasteiger charge is -2.22. The molecule has 0 spiro atoms. The smallest absolute Gasteiger partial charge is 0.0597 e. The van der Waals surface area contributed by atoms with Gasteiger partial charge in [-0.15, -0.1) is 0 Å². The number of nitrogens with two attached hydrogens (primary N) is 1. The van der Waals surface area contributed by atoms with E-state index in [-0.39, 0.29) is 0 Å². The van der Waals surface area contributed by atoms with Crippen LogP contribution in [-0.4, -0.2) is 20.7 Å². The lowest BCUT2D eigenvalue weighted by molar-refractivity contribution is 0.239. The van der Waals surface area contributed by atoms with Gasteiger partial charge in [0.2, 0.25) is 0 Å². The van der Waals surface area contributed by atoms with Gasteiger partial charge in [-0.05, 0) is 43.5 Å². The van der Waals surface area contributed by atoms with Crippen molar-refractivity contribution in [3.8, 4) is 0 Å². The van der Waals surface area contributed by atoms with E-state index in [9.17, 15) is 0 Å². The quantitative estimate of drug-likeness (QED) is 0.849. The monoisotopic (exact) mass is 270 g/mol. The molecule has 0 atom stereocenters. The van der Waals surface area contributed by atoms with E-state index < -0.39 is 0 Å². The molecule has 1 saturated carbocycles. The van der Waals surface area contributed by atoms with Crippen molar-refractivity contribution in [1.29, 1.82) is 0 Å². The zero-order chi connectivity index (χ0) is 14.1. The van der Waals surface area contributed by atoms with Crippen LogP contribution in [0.1, 0.15) is 29.8 Å². The second-order valence-electron chi connectivity index (χ2n) is 5.78. The van der Waals surface area contributed by atoms with Gasteiger partial charge in [0.05, 0.1) is 11.4 Å². The molecule has 1 aromatic heterocycles. The van der Waals surface area contributed by atoms with E-state index in [4.69, 9.17) is 5.73 Å². The Kier molecular flexibility index (Phi) is 3.49. The summed E-state index contributed by atoms with van der Waals surface area (Å²) < 4.78 is 1.99. The fraction of sp³-hybridized carbons (Fsp3) is 0.438. The summed E-state index contributed by atoms with van der Waals surface area (Å²) >= 11 is 0. The molecular weight excluding hydrogens is 248 g/mol. The van der Waals surface area contributed by atoms with E-state index in [1.54, 1.807) is 0 Å². The molecule has 0 amide bonds. The molecule has 3 rings (SSSR count). The third kappa shape index (κ3) is 3.02. The minimum atomic E-state index is 0.725. The molecule has 106 valence electrons. The molecule has 4 nitrogen and oxygen atoms in total. The average Bonchev–Trinajstić information content (AvgIpc) is 3.19. The van der Waals surface area contributed by atoms with Crippen LogP contribution in [0.25, 0.3) is 0 Å². The second kappa shape index (κ2) is 5.29. The highest BCUT2D eigenvalue weighted by molar-refractivity contribution is 5.39. The van der Waals surface area contributed by atoms with Crippen LogP contribution in [0, 0.1) is 6.92 Å². The van der Waals surface area contributed by atoms with E-state index in [2.05, 4.69) is 28.2 Å². The number of anilines is 1. The van der Waals surface area contributed by atoms with Crippen LogP contribution in [0.15, 0.2) is 30.3 Å². The summed E-state index contributed by atoms with van der Waals surface area (Å²) in [6.07, 6.45) is 2.62. The Balaban J connectivity index is 1.73. The van der Waals surface area contributed by atoms with Gasteiger partial charge < -0.3 is 5.73 Å². The number of rotatable bonds is 5. The van der Waals surface area contributed by atoms with Crippen LogP contribution < -0.4 is 5.73 Å². The molecule has 2 N–H and O–H groups in total. The highest BCUT2D eigenvalue weighted by Gasteiger charge is 2.29. The summed E-state index contributed by atoms with van der Waals surface area (Å²) in [6.45, 7) is 3.99. The van der Waals surface area contributed by atoms with Gasteiger partial charge in [-0.25, -0.2) is 0 Å². The number of hydrogen-bond acceptors (Lipinski definition) is 3. The lowest BCUT2D eigenvalue weighted by Crippen LogP contribution is -2.26. The largest absolute Gasteiger partial charge is 0.399 e. The van der Waals surface area contributed by atoms with Crippen molar-refractivity contribution in [2.45, 2.75) is 38.9 Å². The molecule has 1 fully saturated rings. The third-order valence-corrected chi connectivity index (χ3v) is 3.89. The van der Waals surface area contributed by atoms with E-state index in [1.165, 1.54) is 24.1 Å². The third-order valence-electron chi connectivity index (χ3n) is 3.89. The zero-order valence-electron chi connectivity index (χ0n) is 12.2. The predicted octanol–water partition coefficient (Wildman–Crippen LogP) is 2.48. The standard InChI is InChI=1S/C16H22N4/c1-12-9-16(19(2)18-12)11-20(15-7-8-15)10-13-3-5-14(17)6-4-13/h3-6,9,15H,7-8,10-11,17H2,1-2H3. The van der Waals surface area contributed by atoms with Crippen LogP contribution in [0.4, 0.5) is 5.69 Å². The molecule has 1 aliphatic carbocycles.